The molecule has 108 valence electrons. The monoisotopic (exact) mass is 292 g/mol. The molecule has 1 aliphatic heterocycles. The molecule has 3 atom stereocenters. The highest BCUT2D eigenvalue weighted by Gasteiger charge is 2.38. The zero-order valence-electron chi connectivity index (χ0n) is 11.8. The van der Waals surface area contributed by atoms with Gasteiger partial charge in [0.15, 0.2) is 0 Å². The zero-order valence-corrected chi connectivity index (χ0v) is 12.6. The van der Waals surface area contributed by atoms with Gasteiger partial charge in [0.05, 0.1) is 0 Å². The highest BCUT2D eigenvalue weighted by atomic mass is 35.5. The molecule has 1 aromatic carbocycles. The van der Waals surface area contributed by atoms with Crippen molar-refractivity contribution in [1.82, 2.24) is 4.90 Å². The van der Waals surface area contributed by atoms with Gasteiger partial charge in [-0.05, 0) is 61.8 Å². The fourth-order valence-corrected chi connectivity index (χ4v) is 3.90. The molecule has 1 heterocycles. The molecule has 4 heteroatoms. The number of amides is 1. The first-order valence-electron chi connectivity index (χ1n) is 7.35. The molecule has 1 aliphatic carbocycles. The van der Waals surface area contributed by atoms with Crippen LogP contribution in [0.15, 0.2) is 18.2 Å². The lowest BCUT2D eigenvalue weighted by molar-refractivity contribution is 0.0783. The van der Waals surface area contributed by atoms with E-state index in [1.807, 2.05) is 24.0 Å². The van der Waals surface area contributed by atoms with Crippen molar-refractivity contribution in [3.8, 4) is 0 Å². The van der Waals surface area contributed by atoms with Gasteiger partial charge >= 0.3 is 0 Å². The number of aryl methyl sites for hydroxylation is 1. The second-order valence-corrected chi connectivity index (χ2v) is 6.70. The van der Waals surface area contributed by atoms with E-state index in [-0.39, 0.29) is 5.91 Å². The molecule has 1 unspecified atom stereocenters. The Bertz CT molecular complexity index is 531. The maximum absolute atomic E-state index is 12.7. The molecule has 1 amide bonds. The summed E-state index contributed by atoms with van der Waals surface area (Å²) in [5.41, 5.74) is 7.77. The summed E-state index contributed by atoms with van der Waals surface area (Å²) in [6, 6.07) is 5.81. The second kappa shape index (κ2) is 5.38. The van der Waals surface area contributed by atoms with Crippen molar-refractivity contribution in [3.63, 3.8) is 0 Å². The molecular weight excluding hydrogens is 272 g/mol. The number of nitrogens with two attached hydrogens (primary N) is 1. The van der Waals surface area contributed by atoms with E-state index in [9.17, 15) is 4.79 Å². The van der Waals surface area contributed by atoms with Gasteiger partial charge in [0, 0.05) is 29.7 Å². The lowest BCUT2D eigenvalue weighted by Gasteiger charge is -2.27. The van der Waals surface area contributed by atoms with Crippen molar-refractivity contribution in [2.75, 3.05) is 13.1 Å². The topological polar surface area (TPSA) is 46.3 Å². The van der Waals surface area contributed by atoms with Crippen LogP contribution in [0.3, 0.4) is 0 Å². The molecule has 1 saturated heterocycles. The Kier molecular flexibility index (Phi) is 3.74. The Morgan fingerprint density at radius 2 is 2.05 bits per heavy atom. The summed E-state index contributed by atoms with van der Waals surface area (Å²) in [5.74, 6) is 1.38. The van der Waals surface area contributed by atoms with Crippen LogP contribution in [0.4, 0.5) is 0 Å². The minimum atomic E-state index is 0.141. The van der Waals surface area contributed by atoms with Gasteiger partial charge in [-0.3, -0.25) is 4.79 Å². The van der Waals surface area contributed by atoms with Crippen molar-refractivity contribution < 1.29 is 4.79 Å². The van der Waals surface area contributed by atoms with E-state index in [0.717, 1.165) is 43.5 Å². The van der Waals surface area contributed by atoms with E-state index in [1.54, 1.807) is 6.07 Å². The first-order valence-corrected chi connectivity index (χ1v) is 7.73. The third kappa shape index (κ3) is 2.57. The van der Waals surface area contributed by atoms with Crippen LogP contribution in [0.2, 0.25) is 5.02 Å². The number of hydrogen-bond donors (Lipinski definition) is 1. The van der Waals surface area contributed by atoms with Gasteiger partial charge in [-0.2, -0.15) is 0 Å². The summed E-state index contributed by atoms with van der Waals surface area (Å²) in [6.45, 7) is 3.69. The average molecular weight is 293 g/mol. The minimum absolute atomic E-state index is 0.141. The molecular formula is C16H21ClN2O. The number of carbonyl (C=O) groups is 1. The van der Waals surface area contributed by atoms with Gasteiger partial charge in [-0.15, -0.1) is 0 Å². The van der Waals surface area contributed by atoms with Crippen molar-refractivity contribution >= 4 is 17.5 Å². The molecule has 0 radical (unpaired) electrons. The van der Waals surface area contributed by atoms with Crippen LogP contribution in [-0.2, 0) is 0 Å². The maximum Gasteiger partial charge on any atom is 0.254 e. The van der Waals surface area contributed by atoms with Gasteiger partial charge < -0.3 is 10.6 Å². The lowest BCUT2D eigenvalue weighted by atomic mass is 9.79. The summed E-state index contributed by atoms with van der Waals surface area (Å²) in [6.07, 6.45) is 3.33. The first-order chi connectivity index (χ1) is 9.54. The quantitative estimate of drug-likeness (QED) is 0.865. The normalized spacial score (nSPS) is 29.4. The van der Waals surface area contributed by atoms with Gasteiger partial charge in [0.1, 0.15) is 0 Å². The minimum Gasteiger partial charge on any atom is -0.338 e. The molecule has 1 saturated carbocycles. The number of rotatable bonds is 1. The van der Waals surface area contributed by atoms with Gasteiger partial charge in [-0.1, -0.05) is 11.6 Å². The predicted molar refractivity (Wildman–Crippen MR) is 80.9 cm³/mol. The summed E-state index contributed by atoms with van der Waals surface area (Å²) in [7, 11) is 0. The zero-order chi connectivity index (χ0) is 14.3. The van der Waals surface area contributed by atoms with E-state index >= 15 is 0 Å². The van der Waals surface area contributed by atoms with E-state index < -0.39 is 0 Å². The van der Waals surface area contributed by atoms with Crippen LogP contribution in [-0.4, -0.2) is 29.9 Å². The van der Waals surface area contributed by atoms with Crippen LogP contribution < -0.4 is 5.73 Å². The van der Waals surface area contributed by atoms with Crippen molar-refractivity contribution in [2.45, 2.75) is 32.2 Å². The maximum atomic E-state index is 12.7. The summed E-state index contributed by atoms with van der Waals surface area (Å²) >= 11 is 5.96. The molecule has 2 aliphatic rings. The number of halogens is 1. The van der Waals surface area contributed by atoms with Crippen molar-refractivity contribution in [3.05, 3.63) is 34.3 Å². The number of carbonyl (C=O) groups excluding carboxylic acids is 1. The fourth-order valence-electron chi connectivity index (χ4n) is 3.67. The molecule has 2 N–H and O–H groups in total. The molecule has 2 fully saturated rings. The van der Waals surface area contributed by atoms with Crippen LogP contribution in [0, 0.1) is 18.8 Å². The Morgan fingerprint density at radius 1 is 1.30 bits per heavy atom. The largest absolute Gasteiger partial charge is 0.338 e. The highest BCUT2D eigenvalue weighted by Crippen LogP contribution is 2.36. The number of fused-ring (bicyclic) bond motifs is 1. The molecule has 3 nitrogen and oxygen atoms in total. The van der Waals surface area contributed by atoms with Crippen molar-refractivity contribution in [2.24, 2.45) is 17.6 Å². The fraction of sp³-hybridized carbons (Fsp3) is 0.562. The van der Waals surface area contributed by atoms with Crippen LogP contribution in [0.1, 0.15) is 35.2 Å². The Labute approximate surface area is 125 Å². The van der Waals surface area contributed by atoms with E-state index in [2.05, 4.69) is 0 Å². The molecule has 0 spiro atoms. The first kappa shape index (κ1) is 13.9. The molecule has 0 bridgehead atoms. The van der Waals surface area contributed by atoms with Gasteiger partial charge in [-0.25, -0.2) is 0 Å². The van der Waals surface area contributed by atoms with E-state index in [0.29, 0.717) is 22.9 Å². The number of nitrogens with zero attached hydrogens (tertiary/aromatic N) is 1. The third-order valence-electron chi connectivity index (χ3n) is 4.80. The number of likely N-dealkylation sites (tertiary alicyclic amines) is 1. The predicted octanol–water partition coefficient (Wildman–Crippen LogP) is 2.85. The third-order valence-corrected chi connectivity index (χ3v) is 5.03. The standard InChI is InChI=1S/C16H21ClN2O/c1-10-6-13(17)3-5-15(10)16(20)19-8-11-2-4-14(18)7-12(11)9-19/h3,5-6,11-12,14H,2,4,7-9,18H2,1H3/t11-,12+,14?/m1/s1. The number of hydrogen-bond acceptors (Lipinski definition) is 2. The van der Waals surface area contributed by atoms with Gasteiger partial charge in [0.25, 0.3) is 5.91 Å². The van der Waals surface area contributed by atoms with Crippen LogP contribution in [0.25, 0.3) is 0 Å². The average Bonchev–Trinajstić information content (AvgIpc) is 2.81. The summed E-state index contributed by atoms with van der Waals surface area (Å²) < 4.78 is 0. The molecule has 20 heavy (non-hydrogen) atoms. The number of benzene rings is 1. The molecule has 3 rings (SSSR count). The SMILES string of the molecule is Cc1cc(Cl)ccc1C(=O)N1C[C@H]2CCC(N)C[C@H]2C1. The van der Waals surface area contributed by atoms with Crippen molar-refractivity contribution in [1.29, 1.82) is 0 Å². The van der Waals surface area contributed by atoms with E-state index in [4.69, 9.17) is 17.3 Å². The smallest absolute Gasteiger partial charge is 0.254 e. The Hall–Kier alpha value is -1.06. The second-order valence-electron chi connectivity index (χ2n) is 6.26. The summed E-state index contributed by atoms with van der Waals surface area (Å²) in [4.78, 5) is 14.7. The molecule has 0 aromatic heterocycles. The van der Waals surface area contributed by atoms with E-state index in [1.165, 1.54) is 0 Å². The van der Waals surface area contributed by atoms with Crippen LogP contribution >= 0.6 is 11.6 Å². The Balaban J connectivity index is 1.75. The Morgan fingerprint density at radius 3 is 2.80 bits per heavy atom. The molecule has 1 aromatic rings. The van der Waals surface area contributed by atoms with Gasteiger partial charge in [0.2, 0.25) is 0 Å². The lowest BCUT2D eigenvalue weighted by Crippen LogP contribution is -2.32. The summed E-state index contributed by atoms with van der Waals surface area (Å²) in [5, 5.41) is 0.681. The highest BCUT2D eigenvalue weighted by molar-refractivity contribution is 6.30. The van der Waals surface area contributed by atoms with Crippen LogP contribution in [0.5, 0.6) is 0 Å².